The molecule has 0 radical (unpaired) electrons. The highest BCUT2D eigenvalue weighted by Gasteiger charge is 2.14. The first kappa shape index (κ1) is 17.7. The molecule has 0 spiro atoms. The number of rotatable bonds is 8. The number of hydrogen-bond donors (Lipinski definition) is 2. The third kappa shape index (κ3) is 5.13. The van der Waals surface area contributed by atoms with Gasteiger partial charge in [0.25, 0.3) is 5.91 Å². The van der Waals surface area contributed by atoms with Crippen molar-refractivity contribution >= 4 is 15.7 Å². The fourth-order valence-corrected chi connectivity index (χ4v) is 2.83. The van der Waals surface area contributed by atoms with E-state index >= 15 is 0 Å². The van der Waals surface area contributed by atoms with E-state index in [2.05, 4.69) is 12.2 Å². The Morgan fingerprint density at radius 3 is 2.33 bits per heavy atom. The lowest BCUT2D eigenvalue weighted by molar-refractivity contribution is 0.0935. The van der Waals surface area contributed by atoms with E-state index in [-0.39, 0.29) is 22.6 Å². The summed E-state index contributed by atoms with van der Waals surface area (Å²) < 4.78 is 23.4. The Balaban J connectivity index is 2.75. The molecule has 1 aromatic carbocycles. The fraction of sp³-hybridized carbons (Fsp3) is 0.533. The smallest absolute Gasteiger partial charge is 0.251 e. The Kier molecular flexibility index (Phi) is 6.84. The maximum Gasteiger partial charge on any atom is 0.251 e. The van der Waals surface area contributed by atoms with Crippen LogP contribution in [0.4, 0.5) is 0 Å². The zero-order valence-corrected chi connectivity index (χ0v) is 13.4. The average Bonchev–Trinajstić information content (AvgIpc) is 2.51. The van der Waals surface area contributed by atoms with E-state index in [0.717, 1.165) is 19.3 Å². The standard InChI is InChI=1S/C15H24N2O3S/c1-3-5-6-13(11-16)17-15(18)12-7-9-14(10-8-12)21(19,20)4-2/h7-10,13H,3-6,11,16H2,1-2H3,(H,17,18). The topological polar surface area (TPSA) is 89.3 Å². The molecule has 3 N–H and O–H groups in total. The lowest BCUT2D eigenvalue weighted by Crippen LogP contribution is -2.40. The first-order valence-electron chi connectivity index (χ1n) is 7.28. The van der Waals surface area contributed by atoms with Gasteiger partial charge in [0.15, 0.2) is 9.84 Å². The minimum atomic E-state index is -3.23. The second-order valence-corrected chi connectivity index (χ2v) is 7.25. The Labute approximate surface area is 126 Å². The first-order chi connectivity index (χ1) is 9.94. The normalized spacial score (nSPS) is 12.9. The fourth-order valence-electron chi connectivity index (χ4n) is 1.95. The van der Waals surface area contributed by atoms with Crippen LogP contribution in [0.3, 0.4) is 0 Å². The molecule has 0 saturated heterocycles. The van der Waals surface area contributed by atoms with Crippen LogP contribution in [0.2, 0.25) is 0 Å². The summed E-state index contributed by atoms with van der Waals surface area (Å²) in [5, 5.41) is 2.88. The van der Waals surface area contributed by atoms with Crippen molar-refractivity contribution in [2.45, 2.75) is 44.0 Å². The zero-order valence-electron chi connectivity index (χ0n) is 12.6. The van der Waals surface area contributed by atoms with Gasteiger partial charge in [0.2, 0.25) is 0 Å². The van der Waals surface area contributed by atoms with E-state index < -0.39 is 9.84 Å². The van der Waals surface area contributed by atoms with Gasteiger partial charge in [0, 0.05) is 18.2 Å². The molecule has 0 aliphatic carbocycles. The molecule has 1 rings (SSSR count). The van der Waals surface area contributed by atoms with Crippen LogP contribution in [0, 0.1) is 0 Å². The molecule has 0 aliphatic rings. The highest BCUT2D eigenvalue weighted by atomic mass is 32.2. The van der Waals surface area contributed by atoms with E-state index in [0.29, 0.717) is 12.1 Å². The highest BCUT2D eigenvalue weighted by molar-refractivity contribution is 7.91. The zero-order chi connectivity index (χ0) is 15.9. The summed E-state index contributed by atoms with van der Waals surface area (Å²) >= 11 is 0. The highest BCUT2D eigenvalue weighted by Crippen LogP contribution is 2.12. The molecule has 0 bridgehead atoms. The van der Waals surface area contributed by atoms with Crippen LogP contribution >= 0.6 is 0 Å². The predicted molar refractivity (Wildman–Crippen MR) is 84.0 cm³/mol. The van der Waals surface area contributed by atoms with E-state index in [1.165, 1.54) is 24.3 Å². The molecule has 0 aliphatic heterocycles. The summed E-state index contributed by atoms with van der Waals surface area (Å²) in [6, 6.07) is 5.96. The Bertz CT molecular complexity index is 553. The molecule has 1 unspecified atom stereocenters. The maximum atomic E-state index is 12.1. The van der Waals surface area contributed by atoms with Gasteiger partial charge < -0.3 is 11.1 Å². The summed E-state index contributed by atoms with van der Waals surface area (Å²) in [6.07, 6.45) is 2.91. The third-order valence-corrected chi connectivity index (χ3v) is 5.13. The molecule has 1 atom stereocenters. The lowest BCUT2D eigenvalue weighted by atomic mass is 10.1. The minimum absolute atomic E-state index is 0.0449. The predicted octanol–water partition coefficient (Wildman–Crippen LogP) is 1.73. The van der Waals surface area contributed by atoms with Crippen molar-refractivity contribution in [2.24, 2.45) is 5.73 Å². The van der Waals surface area contributed by atoms with Gasteiger partial charge in [-0.15, -0.1) is 0 Å². The average molecular weight is 312 g/mol. The molecule has 5 nitrogen and oxygen atoms in total. The molecular weight excluding hydrogens is 288 g/mol. The van der Waals surface area contributed by atoms with Crippen LogP contribution in [-0.4, -0.2) is 32.7 Å². The van der Waals surface area contributed by atoms with Crippen LogP contribution in [-0.2, 0) is 9.84 Å². The molecule has 1 amide bonds. The number of carbonyl (C=O) groups is 1. The number of unbranched alkanes of at least 4 members (excludes halogenated alkanes) is 1. The second-order valence-electron chi connectivity index (χ2n) is 4.98. The Hall–Kier alpha value is -1.40. The molecule has 6 heteroatoms. The number of nitrogens with one attached hydrogen (secondary N) is 1. The molecule has 1 aromatic rings. The number of nitrogens with two attached hydrogens (primary N) is 1. The van der Waals surface area contributed by atoms with E-state index in [1.54, 1.807) is 6.92 Å². The summed E-state index contributed by atoms with van der Waals surface area (Å²) in [4.78, 5) is 12.3. The first-order valence-corrected chi connectivity index (χ1v) is 8.93. The van der Waals surface area contributed by atoms with Crippen molar-refractivity contribution < 1.29 is 13.2 Å². The van der Waals surface area contributed by atoms with Crippen LogP contribution in [0.5, 0.6) is 0 Å². The van der Waals surface area contributed by atoms with Crippen LogP contribution in [0.15, 0.2) is 29.2 Å². The van der Waals surface area contributed by atoms with Crippen molar-refractivity contribution in [1.29, 1.82) is 0 Å². The van der Waals surface area contributed by atoms with Gasteiger partial charge in [-0.2, -0.15) is 0 Å². The Morgan fingerprint density at radius 2 is 1.86 bits per heavy atom. The number of carbonyl (C=O) groups excluding carboxylic acids is 1. The summed E-state index contributed by atoms with van der Waals surface area (Å²) in [5.41, 5.74) is 6.09. The van der Waals surface area contributed by atoms with Gasteiger partial charge in [0.1, 0.15) is 0 Å². The van der Waals surface area contributed by atoms with Gasteiger partial charge in [0.05, 0.1) is 10.6 Å². The molecule has 0 aromatic heterocycles. The SMILES string of the molecule is CCCCC(CN)NC(=O)c1ccc(S(=O)(=O)CC)cc1. The van der Waals surface area contributed by atoms with Gasteiger partial charge in [-0.3, -0.25) is 4.79 Å². The van der Waals surface area contributed by atoms with E-state index in [1.807, 2.05) is 0 Å². The van der Waals surface area contributed by atoms with Crippen LogP contribution < -0.4 is 11.1 Å². The van der Waals surface area contributed by atoms with E-state index in [9.17, 15) is 13.2 Å². The van der Waals surface area contributed by atoms with Gasteiger partial charge >= 0.3 is 0 Å². The number of hydrogen-bond acceptors (Lipinski definition) is 4. The quantitative estimate of drug-likeness (QED) is 0.765. The molecule has 0 fully saturated rings. The number of amides is 1. The molecule has 0 saturated carbocycles. The van der Waals surface area contributed by atoms with Crippen LogP contribution in [0.1, 0.15) is 43.5 Å². The molecule has 21 heavy (non-hydrogen) atoms. The largest absolute Gasteiger partial charge is 0.348 e. The molecule has 118 valence electrons. The number of sulfone groups is 1. The van der Waals surface area contributed by atoms with E-state index in [4.69, 9.17) is 5.73 Å². The summed E-state index contributed by atoms with van der Waals surface area (Å²) in [7, 11) is -3.23. The van der Waals surface area contributed by atoms with Gasteiger partial charge in [-0.25, -0.2) is 8.42 Å². The summed E-state index contributed by atoms with van der Waals surface area (Å²) in [6.45, 7) is 4.08. The van der Waals surface area contributed by atoms with Gasteiger partial charge in [-0.1, -0.05) is 26.7 Å². The molecular formula is C15H24N2O3S. The van der Waals surface area contributed by atoms with Crippen molar-refractivity contribution in [1.82, 2.24) is 5.32 Å². The lowest BCUT2D eigenvalue weighted by Gasteiger charge is -2.16. The van der Waals surface area contributed by atoms with Crippen molar-refractivity contribution in [2.75, 3.05) is 12.3 Å². The van der Waals surface area contributed by atoms with Crippen molar-refractivity contribution in [3.63, 3.8) is 0 Å². The molecule has 0 heterocycles. The summed E-state index contributed by atoms with van der Waals surface area (Å²) in [5.74, 6) is -0.174. The number of benzene rings is 1. The monoisotopic (exact) mass is 312 g/mol. The third-order valence-electron chi connectivity index (χ3n) is 3.38. The van der Waals surface area contributed by atoms with Crippen molar-refractivity contribution in [3.05, 3.63) is 29.8 Å². The van der Waals surface area contributed by atoms with Crippen molar-refractivity contribution in [3.8, 4) is 0 Å². The second kappa shape index (κ2) is 8.14. The Morgan fingerprint density at radius 1 is 1.24 bits per heavy atom. The minimum Gasteiger partial charge on any atom is -0.348 e. The maximum absolute atomic E-state index is 12.1. The van der Waals surface area contributed by atoms with Crippen LogP contribution in [0.25, 0.3) is 0 Å². The van der Waals surface area contributed by atoms with Gasteiger partial charge in [-0.05, 0) is 30.7 Å².